The molecule has 0 fully saturated rings. The Bertz CT molecular complexity index is 318. The van der Waals surface area contributed by atoms with Gasteiger partial charge in [0, 0.05) is 31.2 Å². The molecule has 0 radical (unpaired) electrons. The van der Waals surface area contributed by atoms with Gasteiger partial charge in [0.05, 0.1) is 0 Å². The maximum Gasteiger partial charge on any atom is 0.105 e. The molecular weight excluding hydrogens is 200 g/mol. The first-order valence-electron chi connectivity index (χ1n) is 5.97. The van der Waals surface area contributed by atoms with Gasteiger partial charge in [-0.3, -0.25) is 0 Å². The lowest BCUT2D eigenvalue weighted by Gasteiger charge is -2.17. The second kappa shape index (κ2) is 6.06. The van der Waals surface area contributed by atoms with E-state index in [1.54, 1.807) is 0 Å². The van der Waals surface area contributed by atoms with Gasteiger partial charge >= 0.3 is 0 Å². The third-order valence-electron chi connectivity index (χ3n) is 2.63. The smallest absolute Gasteiger partial charge is 0.105 e. The van der Waals surface area contributed by atoms with Crippen LogP contribution in [-0.4, -0.2) is 31.1 Å². The first-order chi connectivity index (χ1) is 7.49. The lowest BCUT2D eigenvalue weighted by Crippen LogP contribution is -2.32. The second-order valence-corrected chi connectivity index (χ2v) is 4.79. The van der Waals surface area contributed by atoms with Gasteiger partial charge in [-0.2, -0.15) is 0 Å². The SMILES string of the molecule is Cc1cc(CN(C)CCNC(C)C)c(C)o1. The van der Waals surface area contributed by atoms with Crippen LogP contribution in [0, 0.1) is 13.8 Å². The maximum absolute atomic E-state index is 5.52. The van der Waals surface area contributed by atoms with Crippen molar-refractivity contribution in [2.45, 2.75) is 40.3 Å². The number of likely N-dealkylation sites (N-methyl/N-ethyl adjacent to an activating group) is 1. The zero-order chi connectivity index (χ0) is 12.1. The number of hydrogen-bond donors (Lipinski definition) is 1. The molecule has 0 aliphatic carbocycles. The minimum Gasteiger partial charge on any atom is -0.466 e. The van der Waals surface area contributed by atoms with Crippen LogP contribution in [0.5, 0.6) is 0 Å². The molecule has 0 unspecified atom stereocenters. The highest BCUT2D eigenvalue weighted by Crippen LogP contribution is 2.14. The molecule has 1 aromatic heterocycles. The van der Waals surface area contributed by atoms with E-state index in [1.165, 1.54) is 5.56 Å². The van der Waals surface area contributed by atoms with Crippen molar-refractivity contribution >= 4 is 0 Å². The normalized spacial score (nSPS) is 11.7. The summed E-state index contributed by atoms with van der Waals surface area (Å²) in [5, 5.41) is 3.42. The summed E-state index contributed by atoms with van der Waals surface area (Å²) in [5.41, 5.74) is 1.30. The van der Waals surface area contributed by atoms with Gasteiger partial charge in [0.2, 0.25) is 0 Å². The number of hydrogen-bond acceptors (Lipinski definition) is 3. The van der Waals surface area contributed by atoms with E-state index in [9.17, 15) is 0 Å². The molecule has 1 aromatic rings. The van der Waals surface area contributed by atoms with E-state index in [0.717, 1.165) is 31.2 Å². The molecule has 0 aromatic carbocycles. The van der Waals surface area contributed by atoms with Crippen LogP contribution in [0.3, 0.4) is 0 Å². The Morgan fingerprint density at radius 1 is 1.38 bits per heavy atom. The molecule has 0 spiro atoms. The molecule has 0 aliphatic rings. The lowest BCUT2D eigenvalue weighted by atomic mass is 10.2. The molecule has 1 heterocycles. The molecule has 16 heavy (non-hydrogen) atoms. The van der Waals surface area contributed by atoms with Gasteiger partial charge in [-0.15, -0.1) is 0 Å². The number of aryl methyl sites for hydroxylation is 2. The standard InChI is InChI=1S/C13H24N2O/c1-10(2)14-6-7-15(5)9-13-8-11(3)16-12(13)4/h8,10,14H,6-7,9H2,1-5H3. The molecule has 3 nitrogen and oxygen atoms in total. The third-order valence-corrected chi connectivity index (χ3v) is 2.63. The van der Waals surface area contributed by atoms with E-state index in [-0.39, 0.29) is 0 Å². The zero-order valence-corrected chi connectivity index (χ0v) is 11.1. The van der Waals surface area contributed by atoms with E-state index in [2.05, 4.69) is 37.2 Å². The Morgan fingerprint density at radius 3 is 2.56 bits per heavy atom. The average Bonchev–Trinajstić information content (AvgIpc) is 2.44. The summed E-state index contributed by atoms with van der Waals surface area (Å²) in [7, 11) is 2.14. The quantitative estimate of drug-likeness (QED) is 0.804. The van der Waals surface area contributed by atoms with Gasteiger partial charge in [-0.1, -0.05) is 13.8 Å². The summed E-state index contributed by atoms with van der Waals surface area (Å²) < 4.78 is 5.52. The number of furan rings is 1. The molecule has 0 amide bonds. The van der Waals surface area contributed by atoms with Crippen molar-refractivity contribution < 1.29 is 4.42 Å². The Kier molecular flexibility index (Phi) is 5.03. The summed E-state index contributed by atoms with van der Waals surface area (Å²) in [5.74, 6) is 2.04. The number of nitrogens with zero attached hydrogens (tertiary/aromatic N) is 1. The van der Waals surface area contributed by atoms with Crippen molar-refractivity contribution in [1.82, 2.24) is 10.2 Å². The molecule has 92 valence electrons. The molecule has 1 rings (SSSR count). The maximum atomic E-state index is 5.52. The summed E-state index contributed by atoms with van der Waals surface area (Å²) in [6, 6.07) is 2.69. The van der Waals surface area contributed by atoms with Crippen LogP contribution < -0.4 is 5.32 Å². The van der Waals surface area contributed by atoms with Crippen molar-refractivity contribution in [3.8, 4) is 0 Å². The Balaban J connectivity index is 2.34. The van der Waals surface area contributed by atoms with Gasteiger partial charge in [0.15, 0.2) is 0 Å². The zero-order valence-electron chi connectivity index (χ0n) is 11.1. The molecule has 0 saturated heterocycles. The fourth-order valence-corrected chi connectivity index (χ4v) is 1.75. The van der Waals surface area contributed by atoms with Crippen molar-refractivity contribution in [2.75, 3.05) is 20.1 Å². The largest absolute Gasteiger partial charge is 0.466 e. The van der Waals surface area contributed by atoms with Gasteiger partial charge in [0.25, 0.3) is 0 Å². The topological polar surface area (TPSA) is 28.4 Å². The fourth-order valence-electron chi connectivity index (χ4n) is 1.75. The summed E-state index contributed by atoms with van der Waals surface area (Å²) >= 11 is 0. The van der Waals surface area contributed by atoms with Gasteiger partial charge in [-0.25, -0.2) is 0 Å². The minimum absolute atomic E-state index is 0.561. The third kappa shape index (κ3) is 4.37. The molecule has 0 saturated carbocycles. The summed E-state index contributed by atoms with van der Waals surface area (Å²) in [6.07, 6.45) is 0. The van der Waals surface area contributed by atoms with Gasteiger partial charge in [0.1, 0.15) is 11.5 Å². The average molecular weight is 224 g/mol. The van der Waals surface area contributed by atoms with Crippen molar-refractivity contribution in [1.29, 1.82) is 0 Å². The number of rotatable bonds is 6. The highest BCUT2D eigenvalue weighted by atomic mass is 16.3. The Labute approximate surface area is 98.8 Å². The summed E-state index contributed by atoms with van der Waals surface area (Å²) in [6.45, 7) is 11.4. The first-order valence-corrected chi connectivity index (χ1v) is 5.97. The van der Waals surface area contributed by atoms with E-state index < -0.39 is 0 Å². The van der Waals surface area contributed by atoms with E-state index in [1.807, 2.05) is 13.8 Å². The van der Waals surface area contributed by atoms with Gasteiger partial charge < -0.3 is 14.6 Å². The molecule has 3 heteroatoms. The molecule has 1 N–H and O–H groups in total. The van der Waals surface area contributed by atoms with Crippen LogP contribution in [0.1, 0.15) is 30.9 Å². The molecule has 0 atom stereocenters. The fraction of sp³-hybridized carbons (Fsp3) is 0.692. The molecular formula is C13H24N2O. The van der Waals surface area contributed by atoms with Gasteiger partial charge in [-0.05, 0) is 27.0 Å². The Morgan fingerprint density at radius 2 is 2.06 bits per heavy atom. The van der Waals surface area contributed by atoms with Crippen LogP contribution in [0.25, 0.3) is 0 Å². The van der Waals surface area contributed by atoms with E-state index in [0.29, 0.717) is 6.04 Å². The van der Waals surface area contributed by atoms with Crippen LogP contribution in [0.15, 0.2) is 10.5 Å². The lowest BCUT2D eigenvalue weighted by molar-refractivity contribution is 0.317. The van der Waals surface area contributed by atoms with Crippen LogP contribution in [-0.2, 0) is 6.54 Å². The Hall–Kier alpha value is -0.800. The predicted octanol–water partition coefficient (Wildman–Crippen LogP) is 2.33. The first kappa shape index (κ1) is 13.3. The van der Waals surface area contributed by atoms with Crippen molar-refractivity contribution in [3.05, 3.63) is 23.2 Å². The molecule has 0 aliphatic heterocycles. The van der Waals surface area contributed by atoms with E-state index >= 15 is 0 Å². The van der Waals surface area contributed by atoms with E-state index in [4.69, 9.17) is 4.42 Å². The van der Waals surface area contributed by atoms with Crippen LogP contribution in [0.2, 0.25) is 0 Å². The van der Waals surface area contributed by atoms with Crippen LogP contribution >= 0.6 is 0 Å². The van der Waals surface area contributed by atoms with Crippen molar-refractivity contribution in [3.63, 3.8) is 0 Å². The van der Waals surface area contributed by atoms with Crippen LogP contribution in [0.4, 0.5) is 0 Å². The van der Waals surface area contributed by atoms with Crippen molar-refractivity contribution in [2.24, 2.45) is 0 Å². The highest BCUT2D eigenvalue weighted by Gasteiger charge is 2.07. The predicted molar refractivity (Wildman–Crippen MR) is 67.7 cm³/mol. The highest BCUT2D eigenvalue weighted by molar-refractivity contribution is 5.19. The summed E-state index contributed by atoms with van der Waals surface area (Å²) in [4.78, 5) is 2.31. The second-order valence-electron chi connectivity index (χ2n) is 4.79. The monoisotopic (exact) mass is 224 g/mol. The minimum atomic E-state index is 0.561. The number of nitrogens with one attached hydrogen (secondary N) is 1. The molecule has 0 bridgehead atoms.